The molecule has 5 rings (SSSR count). The molecule has 0 amide bonds. The monoisotopic (exact) mass is 392 g/mol. The highest BCUT2D eigenvalue weighted by atomic mass is 16.5. The SMILES string of the molecule is COc1ccc(CN2CCC(OC)CC2)cc1-c1ccc2oc(C3CC3)nc2c1. The molecule has 1 aliphatic carbocycles. The average Bonchev–Trinajstić information content (AvgIpc) is 3.53. The van der Waals surface area contributed by atoms with Crippen molar-refractivity contribution in [2.24, 2.45) is 0 Å². The number of rotatable bonds is 6. The molecule has 1 aromatic heterocycles. The quantitative estimate of drug-likeness (QED) is 0.591. The maximum atomic E-state index is 5.92. The summed E-state index contributed by atoms with van der Waals surface area (Å²) in [6.45, 7) is 3.11. The van der Waals surface area contributed by atoms with Gasteiger partial charge in [0.1, 0.15) is 11.3 Å². The Morgan fingerprint density at radius 1 is 1.03 bits per heavy atom. The Bertz CT molecular complexity index is 1000. The Morgan fingerprint density at radius 2 is 1.86 bits per heavy atom. The number of nitrogens with zero attached hydrogens (tertiary/aromatic N) is 2. The molecule has 2 fully saturated rings. The van der Waals surface area contributed by atoms with E-state index in [1.54, 1.807) is 7.11 Å². The topological polar surface area (TPSA) is 47.7 Å². The first-order valence-electron chi connectivity index (χ1n) is 10.6. The van der Waals surface area contributed by atoms with Crippen molar-refractivity contribution in [3.8, 4) is 16.9 Å². The number of aromatic nitrogens is 1. The molecular weight excluding hydrogens is 364 g/mol. The van der Waals surface area contributed by atoms with Crippen LogP contribution in [0.5, 0.6) is 5.75 Å². The summed E-state index contributed by atoms with van der Waals surface area (Å²) in [7, 11) is 3.54. The highest BCUT2D eigenvalue weighted by molar-refractivity contribution is 5.82. The molecule has 0 radical (unpaired) electrons. The molecule has 0 N–H and O–H groups in total. The van der Waals surface area contributed by atoms with Crippen LogP contribution >= 0.6 is 0 Å². The minimum atomic E-state index is 0.410. The molecule has 0 unspecified atom stereocenters. The second-order valence-electron chi connectivity index (χ2n) is 8.25. The third kappa shape index (κ3) is 3.89. The van der Waals surface area contributed by atoms with Gasteiger partial charge in [0.25, 0.3) is 0 Å². The van der Waals surface area contributed by atoms with Gasteiger partial charge >= 0.3 is 0 Å². The van der Waals surface area contributed by atoms with E-state index < -0.39 is 0 Å². The van der Waals surface area contributed by atoms with E-state index in [1.165, 1.54) is 18.4 Å². The predicted octanol–water partition coefficient (Wildman–Crippen LogP) is 4.99. The molecule has 0 atom stereocenters. The molecule has 1 saturated carbocycles. The summed E-state index contributed by atoms with van der Waals surface area (Å²) >= 11 is 0. The summed E-state index contributed by atoms with van der Waals surface area (Å²) < 4.78 is 17.1. The van der Waals surface area contributed by atoms with E-state index in [4.69, 9.17) is 18.9 Å². The lowest BCUT2D eigenvalue weighted by atomic mass is 10.0. The number of likely N-dealkylation sites (tertiary alicyclic amines) is 1. The van der Waals surface area contributed by atoms with Crippen molar-refractivity contribution in [2.45, 2.75) is 44.2 Å². The fourth-order valence-electron chi connectivity index (χ4n) is 4.26. The first kappa shape index (κ1) is 18.6. The van der Waals surface area contributed by atoms with Crippen molar-refractivity contribution >= 4 is 11.1 Å². The molecule has 5 heteroatoms. The molecular formula is C24H28N2O3. The van der Waals surface area contributed by atoms with Gasteiger partial charge in [0.05, 0.1) is 13.2 Å². The first-order valence-corrected chi connectivity index (χ1v) is 10.6. The largest absolute Gasteiger partial charge is 0.496 e. The van der Waals surface area contributed by atoms with E-state index in [9.17, 15) is 0 Å². The molecule has 29 heavy (non-hydrogen) atoms. The maximum absolute atomic E-state index is 5.92. The second-order valence-corrected chi connectivity index (χ2v) is 8.25. The van der Waals surface area contributed by atoms with Gasteiger partial charge in [-0.1, -0.05) is 12.1 Å². The van der Waals surface area contributed by atoms with Gasteiger partial charge in [-0.2, -0.15) is 0 Å². The van der Waals surface area contributed by atoms with Gasteiger partial charge in [-0.3, -0.25) is 4.90 Å². The van der Waals surface area contributed by atoms with Crippen molar-refractivity contribution in [1.82, 2.24) is 9.88 Å². The standard InChI is InChI=1S/C24H28N2O3/c1-27-19-9-11-26(12-10-19)15-16-3-7-22(28-2)20(13-16)18-6-8-23-21(14-18)25-24(29-23)17-4-5-17/h3,6-8,13-14,17,19H,4-5,9-12,15H2,1-2H3. The van der Waals surface area contributed by atoms with Gasteiger partial charge < -0.3 is 13.9 Å². The zero-order valence-corrected chi connectivity index (χ0v) is 17.2. The average molecular weight is 392 g/mol. The number of benzene rings is 2. The number of hydrogen-bond acceptors (Lipinski definition) is 5. The Kier molecular flexibility index (Phi) is 5.02. The highest BCUT2D eigenvalue weighted by Crippen LogP contribution is 2.41. The van der Waals surface area contributed by atoms with Crippen molar-refractivity contribution in [1.29, 1.82) is 0 Å². The van der Waals surface area contributed by atoms with Crippen LogP contribution in [-0.4, -0.2) is 43.3 Å². The number of hydrogen-bond donors (Lipinski definition) is 0. The minimum Gasteiger partial charge on any atom is -0.496 e. The van der Waals surface area contributed by atoms with E-state index in [2.05, 4.69) is 35.2 Å². The molecule has 1 aliphatic heterocycles. The van der Waals surface area contributed by atoms with Gasteiger partial charge in [-0.05, 0) is 61.1 Å². The molecule has 2 aliphatic rings. The van der Waals surface area contributed by atoms with Crippen LogP contribution in [0.15, 0.2) is 40.8 Å². The highest BCUT2D eigenvalue weighted by Gasteiger charge is 2.29. The Balaban J connectivity index is 1.41. The van der Waals surface area contributed by atoms with E-state index >= 15 is 0 Å². The van der Waals surface area contributed by atoms with Crippen molar-refractivity contribution < 1.29 is 13.9 Å². The normalized spacial score (nSPS) is 18.4. The van der Waals surface area contributed by atoms with Crippen LogP contribution in [-0.2, 0) is 11.3 Å². The molecule has 0 bridgehead atoms. The maximum Gasteiger partial charge on any atom is 0.198 e. The zero-order chi connectivity index (χ0) is 19.8. The van der Waals surface area contributed by atoms with Gasteiger partial charge in [0, 0.05) is 38.2 Å². The van der Waals surface area contributed by atoms with Crippen LogP contribution in [0, 0.1) is 0 Å². The molecule has 3 aromatic rings. The Labute approximate surface area is 171 Å². The van der Waals surface area contributed by atoms with Crippen LogP contribution in [0.3, 0.4) is 0 Å². The Hall–Kier alpha value is -2.37. The van der Waals surface area contributed by atoms with Gasteiger partial charge in [0.15, 0.2) is 11.5 Å². The fraction of sp³-hybridized carbons (Fsp3) is 0.458. The predicted molar refractivity (Wildman–Crippen MR) is 113 cm³/mol. The second kappa shape index (κ2) is 7.81. The van der Waals surface area contributed by atoms with Crippen molar-refractivity contribution in [2.75, 3.05) is 27.3 Å². The van der Waals surface area contributed by atoms with Gasteiger partial charge in [-0.15, -0.1) is 0 Å². The van der Waals surface area contributed by atoms with Crippen LogP contribution in [0.2, 0.25) is 0 Å². The third-order valence-electron chi connectivity index (χ3n) is 6.18. The van der Waals surface area contributed by atoms with Gasteiger partial charge in [-0.25, -0.2) is 4.98 Å². The smallest absolute Gasteiger partial charge is 0.198 e. The summed E-state index contributed by atoms with van der Waals surface area (Å²) in [6, 6.07) is 12.8. The van der Waals surface area contributed by atoms with E-state index in [0.29, 0.717) is 12.0 Å². The molecule has 2 heterocycles. The van der Waals surface area contributed by atoms with Crippen LogP contribution < -0.4 is 4.74 Å². The first-order chi connectivity index (χ1) is 14.2. The zero-order valence-electron chi connectivity index (χ0n) is 17.2. The number of fused-ring (bicyclic) bond motifs is 1. The molecule has 0 spiro atoms. The van der Waals surface area contributed by atoms with E-state index in [1.807, 2.05) is 13.2 Å². The summed E-state index contributed by atoms with van der Waals surface area (Å²) in [5.41, 5.74) is 5.32. The minimum absolute atomic E-state index is 0.410. The van der Waals surface area contributed by atoms with Crippen molar-refractivity contribution in [3.63, 3.8) is 0 Å². The molecule has 152 valence electrons. The summed E-state index contributed by atoms with van der Waals surface area (Å²) in [4.78, 5) is 7.22. The Morgan fingerprint density at radius 3 is 2.59 bits per heavy atom. The third-order valence-corrected chi connectivity index (χ3v) is 6.18. The lowest BCUT2D eigenvalue weighted by molar-refractivity contribution is 0.0388. The fourth-order valence-corrected chi connectivity index (χ4v) is 4.26. The van der Waals surface area contributed by atoms with Crippen molar-refractivity contribution in [3.05, 3.63) is 47.9 Å². The number of ether oxygens (including phenoxy) is 2. The molecule has 2 aromatic carbocycles. The number of methoxy groups -OCH3 is 2. The lowest BCUT2D eigenvalue weighted by Crippen LogP contribution is -2.36. The van der Waals surface area contributed by atoms with Crippen LogP contribution in [0.1, 0.15) is 43.1 Å². The van der Waals surface area contributed by atoms with E-state index in [-0.39, 0.29) is 0 Å². The summed E-state index contributed by atoms with van der Waals surface area (Å²) in [5.74, 6) is 2.29. The van der Waals surface area contributed by atoms with Crippen LogP contribution in [0.25, 0.3) is 22.2 Å². The number of oxazole rings is 1. The molecule has 1 saturated heterocycles. The summed E-state index contributed by atoms with van der Waals surface area (Å²) in [6.07, 6.45) is 5.00. The van der Waals surface area contributed by atoms with Gasteiger partial charge in [0.2, 0.25) is 0 Å². The van der Waals surface area contributed by atoms with Crippen LogP contribution in [0.4, 0.5) is 0 Å². The number of piperidine rings is 1. The van der Waals surface area contributed by atoms with E-state index in [0.717, 1.165) is 66.3 Å². The molecule has 5 nitrogen and oxygen atoms in total. The summed E-state index contributed by atoms with van der Waals surface area (Å²) in [5, 5.41) is 0. The lowest BCUT2D eigenvalue weighted by Gasteiger charge is -2.31.